The van der Waals surface area contributed by atoms with Gasteiger partial charge in [0.05, 0.1) is 0 Å². The number of nitrogens with zero attached hydrogens (tertiary/aromatic N) is 1. The molecule has 0 heterocycles. The van der Waals surface area contributed by atoms with Gasteiger partial charge in [-0.15, -0.1) is 0 Å². The smallest absolute Gasteiger partial charge is 0.254 e. The van der Waals surface area contributed by atoms with E-state index in [1.807, 2.05) is 24.3 Å². The largest absolute Gasteiger partial charge is 0.285 e. The van der Waals surface area contributed by atoms with Crippen molar-refractivity contribution >= 4 is 27.5 Å². The zero-order valence-electron chi connectivity index (χ0n) is 7.61. The van der Waals surface area contributed by atoms with E-state index in [-0.39, 0.29) is 5.91 Å². The Kier molecular flexibility index (Phi) is 3.65. The van der Waals surface area contributed by atoms with Gasteiger partial charge in [-0.25, -0.2) is 0 Å². The van der Waals surface area contributed by atoms with E-state index in [0.29, 0.717) is 0 Å². The third-order valence-electron chi connectivity index (χ3n) is 1.70. The van der Waals surface area contributed by atoms with Crippen LogP contribution in [0.25, 0.3) is 0 Å². The molecule has 0 saturated carbocycles. The summed E-state index contributed by atoms with van der Waals surface area (Å²) >= 11 is 3.32. The number of hydrogen-bond acceptors (Lipinski definition) is 1. The lowest BCUT2D eigenvalue weighted by Gasteiger charge is -2.15. The number of rotatable bonds is 3. The molecule has 1 amide bonds. The second-order valence-corrected chi connectivity index (χ2v) is 3.49. The number of carbonyl (C=O) groups excluding carboxylic acids is 1. The fraction of sp³-hybridized carbons (Fsp3) is 0. The molecule has 0 unspecified atom stereocenters. The summed E-state index contributed by atoms with van der Waals surface area (Å²) in [5, 5.41) is 0. The van der Waals surface area contributed by atoms with Crippen LogP contribution in [0.3, 0.4) is 0 Å². The molecule has 1 rings (SSSR count). The number of hydrogen-bond donors (Lipinski definition) is 0. The molecule has 0 aliphatic carbocycles. The van der Waals surface area contributed by atoms with Gasteiger partial charge in [0.1, 0.15) is 0 Å². The molecule has 14 heavy (non-hydrogen) atoms. The summed E-state index contributed by atoms with van der Waals surface area (Å²) in [6, 6.07) is 7.38. The molecule has 0 aliphatic rings. The number of amides is 1. The van der Waals surface area contributed by atoms with Crippen LogP contribution in [0.1, 0.15) is 0 Å². The summed E-state index contributed by atoms with van der Waals surface area (Å²) < 4.78 is 0.969. The molecule has 72 valence electrons. The first kappa shape index (κ1) is 10.7. The van der Waals surface area contributed by atoms with Gasteiger partial charge in [-0.05, 0) is 30.3 Å². The molecule has 2 nitrogen and oxygen atoms in total. The first-order valence-corrected chi connectivity index (χ1v) is 4.82. The monoisotopic (exact) mass is 251 g/mol. The molecule has 1 aromatic carbocycles. The van der Waals surface area contributed by atoms with Gasteiger partial charge in [0, 0.05) is 16.4 Å². The first-order valence-electron chi connectivity index (χ1n) is 4.03. The summed E-state index contributed by atoms with van der Waals surface area (Å²) in [6.45, 7) is 7.00. The quantitative estimate of drug-likeness (QED) is 0.757. The normalized spacial score (nSPS) is 9.21. The molecular weight excluding hydrogens is 242 g/mol. The Morgan fingerprint density at radius 3 is 2.29 bits per heavy atom. The van der Waals surface area contributed by atoms with Gasteiger partial charge in [-0.3, -0.25) is 9.69 Å². The molecule has 0 N–H and O–H groups in total. The van der Waals surface area contributed by atoms with E-state index < -0.39 is 0 Å². The van der Waals surface area contributed by atoms with E-state index in [2.05, 4.69) is 29.1 Å². The minimum atomic E-state index is -0.192. The Bertz CT molecular complexity index is 356. The zero-order chi connectivity index (χ0) is 10.6. The lowest BCUT2D eigenvalue weighted by atomic mass is 10.3. The van der Waals surface area contributed by atoms with Crippen molar-refractivity contribution in [2.45, 2.75) is 0 Å². The van der Waals surface area contributed by atoms with Crippen molar-refractivity contribution in [1.29, 1.82) is 0 Å². The summed E-state index contributed by atoms with van der Waals surface area (Å²) in [4.78, 5) is 12.8. The fourth-order valence-corrected chi connectivity index (χ4v) is 1.29. The van der Waals surface area contributed by atoms with Crippen LogP contribution < -0.4 is 4.90 Å². The van der Waals surface area contributed by atoms with Crippen molar-refractivity contribution in [2.24, 2.45) is 0 Å². The maximum absolute atomic E-state index is 11.4. The van der Waals surface area contributed by atoms with Crippen molar-refractivity contribution < 1.29 is 4.79 Å². The van der Waals surface area contributed by atoms with Gasteiger partial charge in [0.15, 0.2) is 0 Å². The van der Waals surface area contributed by atoms with E-state index in [0.717, 1.165) is 10.2 Å². The Morgan fingerprint density at radius 1 is 1.29 bits per heavy atom. The SMILES string of the molecule is C=CC(=O)N(C=C)c1ccc(Br)cc1. The van der Waals surface area contributed by atoms with Gasteiger partial charge in [0.25, 0.3) is 5.91 Å². The maximum Gasteiger partial charge on any atom is 0.254 e. The topological polar surface area (TPSA) is 20.3 Å². The average molecular weight is 252 g/mol. The lowest BCUT2D eigenvalue weighted by molar-refractivity contribution is -0.113. The first-order chi connectivity index (χ1) is 6.69. The van der Waals surface area contributed by atoms with Gasteiger partial charge < -0.3 is 0 Å². The number of halogens is 1. The summed E-state index contributed by atoms with van der Waals surface area (Å²) in [5.41, 5.74) is 0.771. The highest BCUT2D eigenvalue weighted by atomic mass is 79.9. The second kappa shape index (κ2) is 4.77. The van der Waals surface area contributed by atoms with Crippen molar-refractivity contribution in [1.82, 2.24) is 0 Å². The van der Waals surface area contributed by atoms with E-state index in [4.69, 9.17) is 0 Å². The highest BCUT2D eigenvalue weighted by Crippen LogP contribution is 2.18. The van der Waals surface area contributed by atoms with Crippen LogP contribution in [0.5, 0.6) is 0 Å². The molecular formula is C11H10BrNO. The number of carbonyl (C=O) groups is 1. The predicted molar refractivity (Wildman–Crippen MR) is 62.0 cm³/mol. The van der Waals surface area contributed by atoms with Crippen LogP contribution in [0, 0.1) is 0 Å². The van der Waals surface area contributed by atoms with Crippen molar-refractivity contribution in [3.8, 4) is 0 Å². The van der Waals surface area contributed by atoms with Crippen molar-refractivity contribution in [3.05, 3.63) is 54.2 Å². The van der Waals surface area contributed by atoms with Gasteiger partial charge in [-0.1, -0.05) is 29.1 Å². The molecule has 0 bridgehead atoms. The summed E-state index contributed by atoms with van der Waals surface area (Å²) in [7, 11) is 0. The van der Waals surface area contributed by atoms with Crippen LogP contribution in [-0.4, -0.2) is 5.91 Å². The van der Waals surface area contributed by atoms with Gasteiger partial charge >= 0.3 is 0 Å². The molecule has 1 aromatic rings. The summed E-state index contributed by atoms with van der Waals surface area (Å²) in [6.07, 6.45) is 2.72. The van der Waals surface area contributed by atoms with Crippen LogP contribution in [0.2, 0.25) is 0 Å². The molecule has 0 radical (unpaired) electrons. The van der Waals surface area contributed by atoms with Crippen LogP contribution in [0.4, 0.5) is 5.69 Å². The molecule has 0 aliphatic heterocycles. The third-order valence-corrected chi connectivity index (χ3v) is 2.23. The minimum absolute atomic E-state index is 0.192. The molecule has 0 spiro atoms. The lowest BCUT2D eigenvalue weighted by Crippen LogP contribution is -2.22. The Hall–Kier alpha value is -1.35. The van der Waals surface area contributed by atoms with Crippen LogP contribution >= 0.6 is 15.9 Å². The van der Waals surface area contributed by atoms with Crippen LogP contribution in [-0.2, 0) is 4.79 Å². The van der Waals surface area contributed by atoms with Crippen molar-refractivity contribution in [3.63, 3.8) is 0 Å². The highest BCUT2D eigenvalue weighted by molar-refractivity contribution is 9.10. The van der Waals surface area contributed by atoms with E-state index in [9.17, 15) is 4.79 Å². The minimum Gasteiger partial charge on any atom is -0.285 e. The van der Waals surface area contributed by atoms with Gasteiger partial charge in [-0.2, -0.15) is 0 Å². The molecule has 0 fully saturated rings. The fourth-order valence-electron chi connectivity index (χ4n) is 1.02. The number of benzene rings is 1. The molecule has 0 aromatic heterocycles. The Labute approximate surface area is 91.7 Å². The predicted octanol–water partition coefficient (Wildman–Crippen LogP) is 3.11. The molecule has 0 atom stereocenters. The zero-order valence-corrected chi connectivity index (χ0v) is 9.20. The van der Waals surface area contributed by atoms with E-state index >= 15 is 0 Å². The molecule has 0 saturated heterocycles. The third kappa shape index (κ3) is 2.33. The molecule has 3 heteroatoms. The Balaban J connectivity index is 3.00. The Morgan fingerprint density at radius 2 is 1.86 bits per heavy atom. The number of anilines is 1. The highest BCUT2D eigenvalue weighted by Gasteiger charge is 2.07. The van der Waals surface area contributed by atoms with E-state index in [1.165, 1.54) is 17.2 Å². The standard InChI is InChI=1S/C11H10BrNO/c1-3-11(14)13(4-2)10-7-5-9(12)6-8-10/h3-8H,1-2H2. The van der Waals surface area contributed by atoms with E-state index in [1.54, 1.807) is 0 Å². The second-order valence-electron chi connectivity index (χ2n) is 2.57. The maximum atomic E-state index is 11.4. The van der Waals surface area contributed by atoms with Crippen LogP contribution in [0.15, 0.2) is 54.2 Å². The average Bonchev–Trinajstić information content (AvgIpc) is 2.21. The summed E-state index contributed by atoms with van der Waals surface area (Å²) in [5.74, 6) is -0.192. The van der Waals surface area contributed by atoms with Gasteiger partial charge in [0.2, 0.25) is 0 Å². The van der Waals surface area contributed by atoms with Crippen molar-refractivity contribution in [2.75, 3.05) is 4.90 Å².